The van der Waals surface area contributed by atoms with E-state index in [1.807, 2.05) is 34.0 Å². The lowest BCUT2D eigenvalue weighted by molar-refractivity contribution is -0.392. The molecule has 0 spiro atoms. The van der Waals surface area contributed by atoms with Crippen LogP contribution in [0.4, 0.5) is 5.82 Å². The van der Waals surface area contributed by atoms with Gasteiger partial charge in [0.05, 0.1) is 0 Å². The topological polar surface area (TPSA) is 61.0 Å². The van der Waals surface area contributed by atoms with E-state index >= 15 is 0 Å². The van der Waals surface area contributed by atoms with Gasteiger partial charge in [0.25, 0.3) is 0 Å². The Labute approximate surface area is 106 Å². The Kier molecular flexibility index (Phi) is 4.56. The Morgan fingerprint density at radius 1 is 1.35 bits per heavy atom. The minimum atomic E-state index is -0.315. The maximum Gasteiger partial charge on any atom is 0.347 e. The minimum Gasteiger partial charge on any atom is -0.358 e. The van der Waals surface area contributed by atoms with E-state index in [-0.39, 0.29) is 22.6 Å². The van der Waals surface area contributed by atoms with Gasteiger partial charge in [0.1, 0.15) is 11.6 Å². The number of nitrogens with zero attached hydrogens (tertiary/aromatic N) is 3. The van der Waals surface area contributed by atoms with Crippen LogP contribution < -0.4 is 0 Å². The molecule has 0 saturated carbocycles. The second-order valence-electron chi connectivity index (χ2n) is 4.59. The number of thioether (sulfide) groups is 1. The van der Waals surface area contributed by atoms with E-state index in [0.29, 0.717) is 11.6 Å². The Hall–Kier alpha value is -1.04. The summed E-state index contributed by atoms with van der Waals surface area (Å²) in [7, 11) is 0. The van der Waals surface area contributed by atoms with Crippen LogP contribution in [0.1, 0.15) is 51.0 Å². The Bertz CT molecular complexity index is 413. The molecule has 6 heteroatoms. The highest BCUT2D eigenvalue weighted by atomic mass is 32.2. The maximum absolute atomic E-state index is 11.2. The molecular weight excluding hydrogens is 238 g/mol. The lowest BCUT2D eigenvalue weighted by Crippen LogP contribution is -2.07. The summed E-state index contributed by atoms with van der Waals surface area (Å²) in [5.74, 6) is 1.78. The maximum atomic E-state index is 11.2. The summed E-state index contributed by atoms with van der Waals surface area (Å²) in [5.41, 5.74) is 0.591. The predicted octanol–water partition coefficient (Wildman–Crippen LogP) is 3.36. The summed E-state index contributed by atoms with van der Waals surface area (Å²) in [6.45, 7) is 7.88. The number of rotatable bonds is 5. The molecular formula is C11H19N3O2S. The van der Waals surface area contributed by atoms with Crippen molar-refractivity contribution >= 4 is 17.6 Å². The summed E-state index contributed by atoms with van der Waals surface area (Å²) in [6, 6.07) is 0. The van der Waals surface area contributed by atoms with E-state index in [9.17, 15) is 10.1 Å². The van der Waals surface area contributed by atoms with E-state index in [4.69, 9.17) is 0 Å². The van der Waals surface area contributed by atoms with E-state index in [1.54, 1.807) is 16.3 Å². The molecule has 96 valence electrons. The van der Waals surface area contributed by atoms with Gasteiger partial charge in [-0.05, 0) is 11.2 Å². The van der Waals surface area contributed by atoms with Crippen molar-refractivity contribution in [2.75, 3.05) is 6.26 Å². The van der Waals surface area contributed by atoms with Gasteiger partial charge in [0.15, 0.2) is 5.82 Å². The van der Waals surface area contributed by atoms with Crippen molar-refractivity contribution < 1.29 is 4.92 Å². The van der Waals surface area contributed by atoms with Gasteiger partial charge >= 0.3 is 5.82 Å². The molecule has 0 bridgehead atoms. The van der Waals surface area contributed by atoms with Crippen LogP contribution in [-0.2, 0) is 5.88 Å². The van der Waals surface area contributed by atoms with Gasteiger partial charge in [0, 0.05) is 11.8 Å². The molecule has 5 nitrogen and oxygen atoms in total. The normalized spacial score (nSPS) is 11.5. The number of hydrogen-bond donors (Lipinski definition) is 0. The zero-order chi connectivity index (χ0) is 13.2. The quantitative estimate of drug-likeness (QED) is 0.599. The Morgan fingerprint density at radius 2 is 1.94 bits per heavy atom. The molecule has 0 aliphatic rings. The summed E-state index contributed by atoms with van der Waals surface area (Å²) in [4.78, 5) is 15.3. The fraction of sp³-hybridized carbons (Fsp3) is 0.727. The minimum absolute atomic E-state index is 0.0657. The fourth-order valence-corrected chi connectivity index (χ4v) is 2.27. The molecule has 0 aliphatic carbocycles. The first-order valence-corrected chi connectivity index (χ1v) is 7.03. The van der Waals surface area contributed by atoms with Crippen molar-refractivity contribution in [2.24, 2.45) is 0 Å². The van der Waals surface area contributed by atoms with Crippen LogP contribution in [0.2, 0.25) is 0 Å². The number of aromatic nitrogens is 2. The Balaban J connectivity index is 3.43. The number of nitro groups is 1. The van der Waals surface area contributed by atoms with E-state index in [2.05, 4.69) is 4.98 Å². The molecule has 0 N–H and O–H groups in total. The van der Waals surface area contributed by atoms with Crippen molar-refractivity contribution in [3.8, 4) is 0 Å². The summed E-state index contributed by atoms with van der Waals surface area (Å²) >= 11 is 1.56. The molecule has 0 aliphatic heterocycles. The van der Waals surface area contributed by atoms with Crippen molar-refractivity contribution in [1.29, 1.82) is 0 Å². The average Bonchev–Trinajstić information content (AvgIpc) is 2.57. The third kappa shape index (κ3) is 2.80. The van der Waals surface area contributed by atoms with Crippen LogP contribution in [0.15, 0.2) is 0 Å². The molecule has 0 fully saturated rings. The van der Waals surface area contributed by atoms with Crippen LogP contribution in [0.25, 0.3) is 0 Å². The molecule has 0 aromatic carbocycles. The van der Waals surface area contributed by atoms with Crippen LogP contribution in [0.5, 0.6) is 0 Å². The number of imidazole rings is 1. The highest BCUT2D eigenvalue weighted by Gasteiger charge is 2.29. The fourth-order valence-electron chi connectivity index (χ4n) is 1.76. The van der Waals surface area contributed by atoms with Crippen molar-refractivity contribution in [3.05, 3.63) is 21.6 Å². The van der Waals surface area contributed by atoms with Crippen LogP contribution in [-0.4, -0.2) is 20.7 Å². The molecule has 17 heavy (non-hydrogen) atoms. The van der Waals surface area contributed by atoms with Gasteiger partial charge in [-0.3, -0.25) is 0 Å². The van der Waals surface area contributed by atoms with Gasteiger partial charge < -0.3 is 10.1 Å². The molecule has 0 unspecified atom stereocenters. The van der Waals surface area contributed by atoms with Crippen LogP contribution in [0.3, 0.4) is 0 Å². The zero-order valence-corrected chi connectivity index (χ0v) is 11.7. The first kappa shape index (κ1) is 14.0. The lowest BCUT2D eigenvalue weighted by Gasteiger charge is -2.05. The smallest absolute Gasteiger partial charge is 0.347 e. The molecule has 1 aromatic rings. The molecule has 1 aromatic heterocycles. The highest BCUT2D eigenvalue weighted by molar-refractivity contribution is 7.97. The van der Waals surface area contributed by atoms with Gasteiger partial charge in [0.2, 0.25) is 0 Å². The molecule has 1 heterocycles. The van der Waals surface area contributed by atoms with Gasteiger partial charge in [-0.1, -0.05) is 27.7 Å². The van der Waals surface area contributed by atoms with Gasteiger partial charge in [-0.2, -0.15) is 0 Å². The summed E-state index contributed by atoms with van der Waals surface area (Å²) < 4.78 is 1.73. The molecule has 0 amide bonds. The summed E-state index contributed by atoms with van der Waals surface area (Å²) in [5, 5.41) is 11.2. The first-order valence-electron chi connectivity index (χ1n) is 5.63. The number of hydrogen-bond acceptors (Lipinski definition) is 4. The highest BCUT2D eigenvalue weighted by Crippen LogP contribution is 2.31. The molecule has 0 radical (unpaired) electrons. The largest absolute Gasteiger partial charge is 0.358 e. The molecule has 0 atom stereocenters. The molecule has 0 saturated heterocycles. The van der Waals surface area contributed by atoms with Crippen molar-refractivity contribution in [2.45, 2.75) is 45.4 Å². The zero-order valence-electron chi connectivity index (χ0n) is 10.9. The van der Waals surface area contributed by atoms with Crippen molar-refractivity contribution in [1.82, 2.24) is 9.55 Å². The van der Waals surface area contributed by atoms with Gasteiger partial charge in [-0.15, -0.1) is 11.8 Å². The van der Waals surface area contributed by atoms with E-state index in [1.165, 1.54) is 0 Å². The van der Waals surface area contributed by atoms with Gasteiger partial charge in [-0.25, -0.2) is 9.55 Å². The summed E-state index contributed by atoms with van der Waals surface area (Å²) in [6.07, 6.45) is 1.93. The van der Waals surface area contributed by atoms with E-state index in [0.717, 1.165) is 5.82 Å². The average molecular weight is 257 g/mol. The third-order valence-corrected chi connectivity index (χ3v) is 3.01. The monoisotopic (exact) mass is 257 g/mol. The van der Waals surface area contributed by atoms with Crippen molar-refractivity contribution in [3.63, 3.8) is 0 Å². The predicted molar refractivity (Wildman–Crippen MR) is 70.6 cm³/mol. The first-order chi connectivity index (χ1) is 7.90. The van der Waals surface area contributed by atoms with E-state index < -0.39 is 0 Å². The second-order valence-corrected chi connectivity index (χ2v) is 5.43. The standard InChI is InChI=1S/C11H19N3O2S/c1-7(2)9-11(14(15)16)13(6-17-5)10(12-9)8(3)4/h7-8H,6H2,1-5H3. The van der Waals surface area contributed by atoms with Crippen LogP contribution >= 0.6 is 11.8 Å². The SMILES string of the molecule is CSCn1c(C(C)C)nc(C(C)C)c1[N+](=O)[O-]. The van der Waals surface area contributed by atoms with Crippen LogP contribution in [0, 0.1) is 10.1 Å². The molecule has 1 rings (SSSR count). The second kappa shape index (κ2) is 5.53. The Morgan fingerprint density at radius 3 is 2.29 bits per heavy atom. The lowest BCUT2D eigenvalue weighted by atomic mass is 10.1. The third-order valence-electron chi connectivity index (χ3n) is 2.49.